The second-order valence-corrected chi connectivity index (χ2v) is 6.06. The molecule has 0 fully saturated rings. The molecule has 0 saturated carbocycles. The van der Waals surface area contributed by atoms with E-state index in [1.807, 2.05) is 0 Å². The first kappa shape index (κ1) is 15.3. The van der Waals surface area contributed by atoms with Crippen molar-refractivity contribution in [1.29, 1.82) is 0 Å². The molecule has 0 spiro atoms. The Morgan fingerprint density at radius 1 is 1.20 bits per heavy atom. The number of rotatable bonds is 2. The SMILES string of the molecule is Nc1nc2oc3ncc(C4=CCCCC4)cc3c(=O)c2cc1C(=O)O. The summed E-state index contributed by atoms with van der Waals surface area (Å²) in [4.78, 5) is 32.2. The third-order valence-electron chi connectivity index (χ3n) is 4.44. The second-order valence-electron chi connectivity index (χ2n) is 6.06. The number of carbonyl (C=O) groups is 1. The molecule has 25 heavy (non-hydrogen) atoms. The van der Waals surface area contributed by atoms with Crippen molar-refractivity contribution in [2.45, 2.75) is 25.7 Å². The van der Waals surface area contributed by atoms with Gasteiger partial charge in [0.2, 0.25) is 16.9 Å². The van der Waals surface area contributed by atoms with E-state index in [1.165, 1.54) is 18.1 Å². The minimum absolute atomic E-state index is 0.0165. The van der Waals surface area contributed by atoms with Gasteiger partial charge in [0.1, 0.15) is 11.4 Å². The van der Waals surface area contributed by atoms with Crippen LogP contribution in [0.3, 0.4) is 0 Å². The highest BCUT2D eigenvalue weighted by Gasteiger charge is 2.17. The van der Waals surface area contributed by atoms with Gasteiger partial charge in [-0.3, -0.25) is 4.79 Å². The van der Waals surface area contributed by atoms with E-state index in [9.17, 15) is 14.7 Å². The largest absolute Gasteiger partial charge is 0.478 e. The highest BCUT2D eigenvalue weighted by molar-refractivity contribution is 5.98. The lowest BCUT2D eigenvalue weighted by Gasteiger charge is -2.12. The summed E-state index contributed by atoms with van der Waals surface area (Å²) >= 11 is 0. The van der Waals surface area contributed by atoms with Crippen molar-refractivity contribution >= 4 is 39.6 Å². The molecule has 1 aliphatic carbocycles. The minimum Gasteiger partial charge on any atom is -0.478 e. The number of nitrogens with two attached hydrogens (primary N) is 1. The number of fused-ring (bicyclic) bond motifs is 2. The van der Waals surface area contributed by atoms with Gasteiger partial charge in [0.15, 0.2) is 0 Å². The monoisotopic (exact) mass is 337 g/mol. The van der Waals surface area contributed by atoms with Gasteiger partial charge in [-0.1, -0.05) is 6.08 Å². The van der Waals surface area contributed by atoms with Crippen molar-refractivity contribution in [3.63, 3.8) is 0 Å². The summed E-state index contributed by atoms with van der Waals surface area (Å²) in [5.41, 5.74) is 7.23. The van der Waals surface area contributed by atoms with E-state index in [0.29, 0.717) is 5.39 Å². The van der Waals surface area contributed by atoms with Crippen molar-refractivity contribution in [3.8, 4) is 0 Å². The molecular formula is C18H15N3O4. The van der Waals surface area contributed by atoms with Crippen LogP contribution in [0.1, 0.15) is 41.6 Å². The molecule has 0 bridgehead atoms. The van der Waals surface area contributed by atoms with Crippen LogP contribution in [-0.2, 0) is 0 Å². The highest BCUT2D eigenvalue weighted by atomic mass is 16.4. The van der Waals surface area contributed by atoms with Crippen LogP contribution >= 0.6 is 0 Å². The summed E-state index contributed by atoms with van der Waals surface area (Å²) in [6.07, 6.45) is 8.10. The van der Waals surface area contributed by atoms with Gasteiger partial charge < -0.3 is 15.3 Å². The van der Waals surface area contributed by atoms with E-state index in [4.69, 9.17) is 10.2 Å². The average molecular weight is 337 g/mol. The van der Waals surface area contributed by atoms with E-state index >= 15 is 0 Å². The minimum atomic E-state index is -1.24. The maximum Gasteiger partial charge on any atom is 0.339 e. The maximum absolute atomic E-state index is 12.8. The molecule has 0 amide bonds. The molecule has 126 valence electrons. The summed E-state index contributed by atoms with van der Waals surface area (Å²) in [7, 11) is 0. The van der Waals surface area contributed by atoms with Gasteiger partial charge in [0.05, 0.1) is 10.8 Å². The van der Waals surface area contributed by atoms with Gasteiger partial charge in [-0.15, -0.1) is 0 Å². The Morgan fingerprint density at radius 3 is 2.72 bits per heavy atom. The van der Waals surface area contributed by atoms with Crippen LogP contribution in [0.15, 0.2) is 33.6 Å². The van der Waals surface area contributed by atoms with Crippen molar-refractivity contribution < 1.29 is 14.3 Å². The Kier molecular flexibility index (Phi) is 3.49. The summed E-state index contributed by atoms with van der Waals surface area (Å²) < 4.78 is 5.57. The number of carboxylic acids is 1. The Morgan fingerprint density at radius 2 is 2.00 bits per heavy atom. The molecule has 0 unspecified atom stereocenters. The van der Waals surface area contributed by atoms with Crippen LogP contribution in [0.2, 0.25) is 0 Å². The van der Waals surface area contributed by atoms with Crippen molar-refractivity contribution in [1.82, 2.24) is 9.97 Å². The fraction of sp³-hybridized carbons (Fsp3) is 0.222. The zero-order chi connectivity index (χ0) is 17.6. The van der Waals surface area contributed by atoms with E-state index in [1.54, 1.807) is 12.3 Å². The number of hydrogen-bond acceptors (Lipinski definition) is 6. The lowest BCUT2D eigenvalue weighted by Crippen LogP contribution is -2.10. The molecule has 3 N–H and O–H groups in total. The molecule has 0 aliphatic heterocycles. The molecule has 7 nitrogen and oxygen atoms in total. The number of pyridine rings is 2. The van der Waals surface area contributed by atoms with Gasteiger partial charge in [-0.05, 0) is 49.0 Å². The Hall–Kier alpha value is -3.22. The molecule has 4 rings (SSSR count). The summed E-state index contributed by atoms with van der Waals surface area (Å²) in [5.74, 6) is -1.45. The van der Waals surface area contributed by atoms with Crippen LogP contribution in [-0.4, -0.2) is 21.0 Å². The van der Waals surface area contributed by atoms with E-state index in [2.05, 4.69) is 16.0 Å². The summed E-state index contributed by atoms with van der Waals surface area (Å²) in [6, 6.07) is 2.96. The molecule has 0 saturated heterocycles. The summed E-state index contributed by atoms with van der Waals surface area (Å²) in [6.45, 7) is 0. The number of anilines is 1. The molecule has 7 heteroatoms. The van der Waals surface area contributed by atoms with Gasteiger partial charge in [-0.25, -0.2) is 9.78 Å². The zero-order valence-corrected chi connectivity index (χ0v) is 13.3. The number of nitrogen functional groups attached to an aromatic ring is 1. The number of hydrogen-bond donors (Lipinski definition) is 2. The second kappa shape index (κ2) is 5.70. The van der Waals surface area contributed by atoms with Gasteiger partial charge >= 0.3 is 5.97 Å². The molecule has 1 aliphatic rings. The Bertz CT molecular complexity index is 1110. The molecule has 0 aromatic carbocycles. The normalized spacial score (nSPS) is 14.6. The van der Waals surface area contributed by atoms with Gasteiger partial charge in [0.25, 0.3) is 0 Å². The van der Waals surface area contributed by atoms with Crippen LogP contribution in [0.4, 0.5) is 5.82 Å². The third-order valence-corrected chi connectivity index (χ3v) is 4.44. The fourth-order valence-corrected chi connectivity index (χ4v) is 3.13. The van der Waals surface area contributed by atoms with Crippen LogP contribution < -0.4 is 11.2 Å². The Labute approximate surface area is 141 Å². The predicted octanol–water partition coefficient (Wildman–Crippen LogP) is 2.97. The van der Waals surface area contributed by atoms with Crippen molar-refractivity contribution in [2.75, 3.05) is 5.73 Å². The molecule has 3 heterocycles. The van der Waals surface area contributed by atoms with Gasteiger partial charge in [-0.2, -0.15) is 4.98 Å². The number of aromatic nitrogens is 2. The van der Waals surface area contributed by atoms with Crippen LogP contribution in [0.25, 0.3) is 27.8 Å². The number of allylic oxidation sites excluding steroid dienone is 2. The predicted molar refractivity (Wildman–Crippen MR) is 93.4 cm³/mol. The van der Waals surface area contributed by atoms with Crippen molar-refractivity contribution in [2.24, 2.45) is 0 Å². The lowest BCUT2D eigenvalue weighted by atomic mass is 9.94. The molecular weight excluding hydrogens is 322 g/mol. The number of aromatic carboxylic acids is 1. The first-order valence-corrected chi connectivity index (χ1v) is 8.00. The number of carboxylic acid groups (broad SMARTS) is 1. The van der Waals surface area contributed by atoms with Crippen LogP contribution in [0.5, 0.6) is 0 Å². The van der Waals surface area contributed by atoms with Crippen molar-refractivity contribution in [3.05, 3.63) is 45.8 Å². The standard InChI is InChI=1S/C18H15N3O4/c19-15-13(18(23)24)7-12-14(22)11-6-10(9-4-2-1-3-5-9)8-20-16(11)25-17(12)21-15/h4,6-8H,1-3,5H2,(H2,19,21)(H,23,24). The maximum atomic E-state index is 12.8. The molecule has 3 aromatic rings. The van der Waals surface area contributed by atoms with Crippen LogP contribution in [0, 0.1) is 0 Å². The topological polar surface area (TPSA) is 119 Å². The smallest absolute Gasteiger partial charge is 0.339 e. The fourth-order valence-electron chi connectivity index (χ4n) is 3.13. The average Bonchev–Trinajstić information content (AvgIpc) is 2.62. The Balaban J connectivity index is 1.98. The molecule has 0 radical (unpaired) electrons. The quantitative estimate of drug-likeness (QED) is 0.690. The van der Waals surface area contributed by atoms with E-state index in [-0.39, 0.29) is 33.6 Å². The molecule has 0 atom stereocenters. The molecule has 3 aromatic heterocycles. The highest BCUT2D eigenvalue weighted by Crippen LogP contribution is 2.28. The van der Waals surface area contributed by atoms with Gasteiger partial charge in [0, 0.05) is 6.20 Å². The summed E-state index contributed by atoms with van der Waals surface area (Å²) in [5, 5.41) is 9.56. The number of nitrogens with zero attached hydrogens (tertiary/aromatic N) is 2. The first-order chi connectivity index (χ1) is 12.0. The van der Waals surface area contributed by atoms with E-state index in [0.717, 1.165) is 24.8 Å². The lowest BCUT2D eigenvalue weighted by molar-refractivity contribution is 0.0698. The zero-order valence-electron chi connectivity index (χ0n) is 13.3. The van der Waals surface area contributed by atoms with E-state index < -0.39 is 5.97 Å². The first-order valence-electron chi connectivity index (χ1n) is 8.00. The third kappa shape index (κ3) is 2.53.